The van der Waals surface area contributed by atoms with Crippen molar-refractivity contribution in [1.82, 2.24) is 20.3 Å². The van der Waals surface area contributed by atoms with Crippen LogP contribution in [0, 0.1) is 0 Å². The van der Waals surface area contributed by atoms with Crippen molar-refractivity contribution < 1.29 is 9.47 Å². The minimum absolute atomic E-state index is 0.211. The molecule has 2 aromatic heterocycles. The second-order valence-corrected chi connectivity index (χ2v) is 8.91. The number of hydrogen-bond donors (Lipinski definition) is 2. The maximum atomic E-state index is 6.33. The van der Waals surface area contributed by atoms with Gasteiger partial charge in [-0.05, 0) is 57.5 Å². The molecule has 1 aliphatic carbocycles. The second kappa shape index (κ2) is 9.43. The normalized spacial score (nSPS) is 22.3. The zero-order valence-corrected chi connectivity index (χ0v) is 17.7. The lowest BCUT2D eigenvalue weighted by Gasteiger charge is -2.26. The number of piperidine rings is 1. The molecular formula is C23H33N5O2. The molecule has 7 heteroatoms. The Hall–Kier alpha value is -1.99. The van der Waals surface area contributed by atoms with Crippen molar-refractivity contribution in [3.05, 3.63) is 18.0 Å². The predicted molar refractivity (Wildman–Crippen MR) is 117 cm³/mol. The van der Waals surface area contributed by atoms with E-state index in [1.807, 2.05) is 12.4 Å². The molecule has 1 saturated carbocycles. The van der Waals surface area contributed by atoms with Crippen LogP contribution in [0.1, 0.15) is 69.3 Å². The van der Waals surface area contributed by atoms with E-state index >= 15 is 0 Å². The molecule has 0 spiro atoms. The van der Waals surface area contributed by atoms with Crippen LogP contribution in [-0.4, -0.2) is 53.4 Å². The summed E-state index contributed by atoms with van der Waals surface area (Å²) in [6.45, 7) is 3.60. The Morgan fingerprint density at radius 3 is 2.53 bits per heavy atom. The third-order valence-corrected chi connectivity index (χ3v) is 6.78. The van der Waals surface area contributed by atoms with E-state index in [0.717, 1.165) is 62.9 Å². The third kappa shape index (κ3) is 4.52. The van der Waals surface area contributed by atoms with Gasteiger partial charge in [-0.3, -0.25) is 0 Å². The number of fused-ring (bicyclic) bond motifs is 1. The van der Waals surface area contributed by atoms with Gasteiger partial charge in [-0.25, -0.2) is 15.0 Å². The molecule has 0 amide bonds. The Kier molecular flexibility index (Phi) is 6.27. The maximum absolute atomic E-state index is 6.33. The highest BCUT2D eigenvalue weighted by Gasteiger charge is 2.24. The lowest BCUT2D eigenvalue weighted by Crippen LogP contribution is -2.34. The highest BCUT2D eigenvalue weighted by Crippen LogP contribution is 2.38. The molecule has 3 fully saturated rings. The van der Waals surface area contributed by atoms with Crippen molar-refractivity contribution in [3.8, 4) is 5.88 Å². The number of rotatable bonds is 5. The van der Waals surface area contributed by atoms with E-state index in [2.05, 4.69) is 15.6 Å². The zero-order chi connectivity index (χ0) is 20.2. The largest absolute Gasteiger partial charge is 0.474 e. The minimum atomic E-state index is 0.211. The number of nitrogens with one attached hydrogen (secondary N) is 2. The van der Waals surface area contributed by atoms with Crippen LogP contribution in [0.2, 0.25) is 0 Å². The summed E-state index contributed by atoms with van der Waals surface area (Å²) in [5.74, 6) is 1.94. The van der Waals surface area contributed by atoms with E-state index in [-0.39, 0.29) is 6.10 Å². The van der Waals surface area contributed by atoms with Gasteiger partial charge in [0.05, 0.1) is 10.9 Å². The summed E-state index contributed by atoms with van der Waals surface area (Å²) in [5, 5.41) is 7.88. The standard InChI is InChI=1S/C23H33N5O2/c1-2-4-16(5-3-1)19-14-25-22(30-18-6-10-24-11-7-18)20-15-26-23(28-21(19)20)27-17-8-12-29-13-9-17/h14-18,24H,1-13H2,(H,26,27,28). The van der Waals surface area contributed by atoms with Crippen LogP contribution in [-0.2, 0) is 4.74 Å². The molecule has 3 aliphatic rings. The molecule has 2 N–H and O–H groups in total. The maximum Gasteiger partial charge on any atom is 0.224 e. The van der Waals surface area contributed by atoms with Crippen molar-refractivity contribution >= 4 is 16.9 Å². The Morgan fingerprint density at radius 1 is 0.933 bits per heavy atom. The molecule has 162 valence electrons. The predicted octanol–water partition coefficient (Wildman–Crippen LogP) is 3.79. The molecule has 5 rings (SSSR count). The number of hydrogen-bond acceptors (Lipinski definition) is 7. The van der Waals surface area contributed by atoms with Gasteiger partial charge in [0.2, 0.25) is 11.8 Å². The van der Waals surface area contributed by atoms with Crippen LogP contribution in [0.5, 0.6) is 5.88 Å². The van der Waals surface area contributed by atoms with Gasteiger partial charge in [-0.15, -0.1) is 0 Å². The summed E-state index contributed by atoms with van der Waals surface area (Å²) in [7, 11) is 0. The number of nitrogens with zero attached hydrogens (tertiary/aromatic N) is 3. The van der Waals surface area contributed by atoms with E-state index < -0.39 is 0 Å². The number of ether oxygens (including phenoxy) is 2. The topological polar surface area (TPSA) is 81.2 Å². The van der Waals surface area contributed by atoms with Gasteiger partial charge in [0, 0.05) is 37.2 Å². The molecule has 2 aliphatic heterocycles. The van der Waals surface area contributed by atoms with Crippen LogP contribution < -0.4 is 15.4 Å². The fourth-order valence-corrected chi connectivity index (χ4v) is 4.99. The molecule has 0 atom stereocenters. The fraction of sp³-hybridized carbons (Fsp3) is 0.696. The first-order valence-electron chi connectivity index (χ1n) is 11.7. The molecule has 0 aromatic carbocycles. The van der Waals surface area contributed by atoms with Crippen LogP contribution in [0.15, 0.2) is 12.4 Å². The van der Waals surface area contributed by atoms with E-state index in [1.54, 1.807) is 0 Å². The average Bonchev–Trinajstić information content (AvgIpc) is 2.81. The molecule has 4 heterocycles. The lowest BCUT2D eigenvalue weighted by molar-refractivity contribution is 0.0903. The van der Waals surface area contributed by atoms with Crippen molar-refractivity contribution in [2.45, 2.75) is 75.9 Å². The number of pyridine rings is 1. The molecule has 30 heavy (non-hydrogen) atoms. The van der Waals surface area contributed by atoms with Crippen LogP contribution in [0.25, 0.3) is 10.9 Å². The van der Waals surface area contributed by atoms with E-state index in [9.17, 15) is 0 Å². The first-order chi connectivity index (χ1) is 14.9. The van der Waals surface area contributed by atoms with E-state index in [0.29, 0.717) is 23.8 Å². The zero-order valence-electron chi connectivity index (χ0n) is 17.7. The van der Waals surface area contributed by atoms with Gasteiger partial charge in [-0.2, -0.15) is 0 Å². The van der Waals surface area contributed by atoms with Gasteiger partial charge in [-0.1, -0.05) is 19.3 Å². The van der Waals surface area contributed by atoms with Crippen molar-refractivity contribution in [2.75, 3.05) is 31.6 Å². The molecule has 2 saturated heterocycles. The lowest BCUT2D eigenvalue weighted by atomic mass is 9.84. The summed E-state index contributed by atoms with van der Waals surface area (Å²) in [4.78, 5) is 14.4. The van der Waals surface area contributed by atoms with Crippen molar-refractivity contribution in [1.29, 1.82) is 0 Å². The summed E-state index contributed by atoms with van der Waals surface area (Å²) >= 11 is 0. The summed E-state index contributed by atoms with van der Waals surface area (Å²) < 4.78 is 11.8. The Bertz CT molecular complexity index is 843. The third-order valence-electron chi connectivity index (χ3n) is 6.78. The van der Waals surface area contributed by atoms with Gasteiger partial charge in [0.25, 0.3) is 0 Å². The Morgan fingerprint density at radius 2 is 1.73 bits per heavy atom. The SMILES string of the molecule is c1nc(OC2CCNCC2)c2cnc(NC3CCOCC3)nc2c1C1CCCCC1. The minimum Gasteiger partial charge on any atom is -0.474 e. The van der Waals surface area contributed by atoms with E-state index in [1.165, 1.54) is 37.7 Å². The molecule has 7 nitrogen and oxygen atoms in total. The van der Waals surface area contributed by atoms with Crippen LogP contribution in [0.4, 0.5) is 5.95 Å². The van der Waals surface area contributed by atoms with Crippen molar-refractivity contribution in [3.63, 3.8) is 0 Å². The van der Waals surface area contributed by atoms with E-state index in [4.69, 9.17) is 19.4 Å². The highest BCUT2D eigenvalue weighted by atomic mass is 16.5. The molecule has 0 unspecified atom stereocenters. The van der Waals surface area contributed by atoms with Gasteiger partial charge in [0.15, 0.2) is 0 Å². The van der Waals surface area contributed by atoms with Gasteiger partial charge in [0.1, 0.15) is 6.10 Å². The molecular weight excluding hydrogens is 378 g/mol. The molecule has 0 bridgehead atoms. The second-order valence-electron chi connectivity index (χ2n) is 8.91. The van der Waals surface area contributed by atoms with Gasteiger partial charge < -0.3 is 20.1 Å². The average molecular weight is 412 g/mol. The number of aromatic nitrogens is 3. The summed E-state index contributed by atoms with van der Waals surface area (Å²) in [6, 6.07) is 0.377. The number of anilines is 1. The first kappa shape index (κ1) is 19.9. The van der Waals surface area contributed by atoms with Gasteiger partial charge >= 0.3 is 0 Å². The Balaban J connectivity index is 1.47. The summed E-state index contributed by atoms with van der Waals surface area (Å²) in [6.07, 6.45) is 14.5. The molecule has 2 aromatic rings. The smallest absolute Gasteiger partial charge is 0.224 e. The molecule has 0 radical (unpaired) electrons. The fourth-order valence-electron chi connectivity index (χ4n) is 4.99. The highest BCUT2D eigenvalue weighted by molar-refractivity contribution is 5.86. The Labute approximate surface area is 178 Å². The van der Waals surface area contributed by atoms with Crippen LogP contribution >= 0.6 is 0 Å². The van der Waals surface area contributed by atoms with Crippen LogP contribution in [0.3, 0.4) is 0 Å². The van der Waals surface area contributed by atoms with Crippen molar-refractivity contribution in [2.24, 2.45) is 0 Å². The quantitative estimate of drug-likeness (QED) is 0.774. The summed E-state index contributed by atoms with van der Waals surface area (Å²) in [5.41, 5.74) is 2.28. The first-order valence-corrected chi connectivity index (χ1v) is 11.7. The monoisotopic (exact) mass is 411 g/mol.